The fraction of sp³-hybridized carbons (Fsp3) is 0.903. The molecule has 38 heavy (non-hydrogen) atoms. The zero-order valence-electron chi connectivity index (χ0n) is 24.2. The maximum Gasteiger partial charge on any atom is 0.315 e. The molecule has 216 valence electrons. The SMILES string of the molecule is COC(=O)[C@]12CCC(C)(C)C[C@H]1C1=CC[C@@H]3[C@@]4(C)C[C@H](O)[C@H](O)C(CO)(CO)[C@@H]4CC[C@@]3(C)[C@]1(C)C[C@H]2O. The number of fused-ring (bicyclic) bond motifs is 7. The van der Waals surface area contributed by atoms with Crippen LogP contribution in [0.2, 0.25) is 0 Å². The molecule has 5 N–H and O–H groups in total. The van der Waals surface area contributed by atoms with Crippen LogP contribution in [-0.4, -0.2) is 70.1 Å². The molecular formula is C31H50O7. The number of carbonyl (C=O) groups is 1. The molecule has 0 unspecified atom stereocenters. The van der Waals surface area contributed by atoms with E-state index in [4.69, 9.17) is 4.74 Å². The Balaban J connectivity index is 1.64. The number of ether oxygens (including phenoxy) is 1. The van der Waals surface area contributed by atoms with Gasteiger partial charge in [-0.3, -0.25) is 4.79 Å². The largest absolute Gasteiger partial charge is 0.468 e. The number of rotatable bonds is 3. The first-order valence-corrected chi connectivity index (χ1v) is 14.7. The van der Waals surface area contributed by atoms with Crippen LogP contribution in [0.3, 0.4) is 0 Å². The highest BCUT2D eigenvalue weighted by molar-refractivity contribution is 5.79. The molecule has 0 aromatic heterocycles. The van der Waals surface area contributed by atoms with Gasteiger partial charge in [-0.05, 0) is 90.8 Å². The minimum absolute atomic E-state index is 0.0495. The fourth-order valence-corrected chi connectivity index (χ4v) is 11.1. The van der Waals surface area contributed by atoms with Crippen molar-refractivity contribution in [2.75, 3.05) is 20.3 Å². The molecule has 0 heterocycles. The van der Waals surface area contributed by atoms with Crippen molar-refractivity contribution in [2.24, 2.45) is 50.2 Å². The van der Waals surface area contributed by atoms with Gasteiger partial charge < -0.3 is 30.3 Å². The second kappa shape index (κ2) is 8.75. The number of hydrogen-bond donors (Lipinski definition) is 5. The lowest BCUT2D eigenvalue weighted by Crippen LogP contribution is -2.70. The fourth-order valence-electron chi connectivity index (χ4n) is 11.1. The van der Waals surface area contributed by atoms with E-state index in [1.165, 1.54) is 12.7 Å². The van der Waals surface area contributed by atoms with Crippen molar-refractivity contribution in [1.82, 2.24) is 0 Å². The number of aliphatic hydroxyl groups is 5. The van der Waals surface area contributed by atoms with Crippen molar-refractivity contribution in [3.63, 3.8) is 0 Å². The Kier molecular flexibility index (Phi) is 6.57. The van der Waals surface area contributed by atoms with Crippen LogP contribution < -0.4 is 0 Å². The number of allylic oxidation sites excluding steroid dienone is 2. The normalized spacial score (nSPS) is 51.0. The molecule has 7 nitrogen and oxygen atoms in total. The van der Waals surface area contributed by atoms with Crippen LogP contribution in [0.15, 0.2) is 11.6 Å². The maximum atomic E-state index is 13.4. The van der Waals surface area contributed by atoms with Gasteiger partial charge in [-0.15, -0.1) is 0 Å². The summed E-state index contributed by atoms with van der Waals surface area (Å²) in [6, 6.07) is 0. The Morgan fingerprint density at radius 3 is 2.21 bits per heavy atom. The van der Waals surface area contributed by atoms with Crippen LogP contribution in [0.1, 0.15) is 86.0 Å². The minimum atomic E-state index is -1.17. The summed E-state index contributed by atoms with van der Waals surface area (Å²) < 4.78 is 5.36. The summed E-state index contributed by atoms with van der Waals surface area (Å²) in [6.07, 6.45) is 4.83. The third-order valence-electron chi connectivity index (χ3n) is 13.4. The molecule has 0 amide bonds. The average molecular weight is 535 g/mol. The van der Waals surface area contributed by atoms with Crippen molar-refractivity contribution >= 4 is 5.97 Å². The Morgan fingerprint density at radius 1 is 0.947 bits per heavy atom. The highest BCUT2D eigenvalue weighted by Gasteiger charge is 2.72. The molecule has 0 aliphatic heterocycles. The van der Waals surface area contributed by atoms with Crippen molar-refractivity contribution in [1.29, 1.82) is 0 Å². The first-order chi connectivity index (χ1) is 17.6. The minimum Gasteiger partial charge on any atom is -0.468 e. The van der Waals surface area contributed by atoms with E-state index >= 15 is 0 Å². The molecule has 0 bridgehead atoms. The van der Waals surface area contributed by atoms with E-state index < -0.39 is 34.6 Å². The molecule has 0 aromatic rings. The molecular weight excluding hydrogens is 484 g/mol. The lowest BCUT2D eigenvalue weighted by atomic mass is 9.33. The molecule has 0 radical (unpaired) electrons. The second-order valence-electron chi connectivity index (χ2n) is 15.2. The smallest absolute Gasteiger partial charge is 0.315 e. The van der Waals surface area contributed by atoms with Crippen LogP contribution >= 0.6 is 0 Å². The molecule has 10 atom stereocenters. The topological polar surface area (TPSA) is 127 Å². The van der Waals surface area contributed by atoms with Crippen molar-refractivity contribution in [3.05, 3.63) is 11.6 Å². The van der Waals surface area contributed by atoms with E-state index in [1.54, 1.807) is 0 Å². The Labute approximate surface area is 227 Å². The van der Waals surface area contributed by atoms with Gasteiger partial charge in [0, 0.05) is 5.41 Å². The molecule has 0 saturated heterocycles. The van der Waals surface area contributed by atoms with Gasteiger partial charge in [0.2, 0.25) is 0 Å². The molecule has 5 aliphatic carbocycles. The molecule has 5 aliphatic rings. The summed E-state index contributed by atoms with van der Waals surface area (Å²) in [6.45, 7) is 10.5. The molecule has 0 spiro atoms. The van der Waals surface area contributed by atoms with Crippen molar-refractivity contribution in [2.45, 2.75) is 104 Å². The second-order valence-corrected chi connectivity index (χ2v) is 15.2. The summed E-state index contributed by atoms with van der Waals surface area (Å²) in [5.41, 5.74) is -1.75. The van der Waals surface area contributed by atoms with Crippen LogP contribution in [0.4, 0.5) is 0 Å². The van der Waals surface area contributed by atoms with Gasteiger partial charge in [-0.2, -0.15) is 0 Å². The predicted molar refractivity (Wildman–Crippen MR) is 143 cm³/mol. The summed E-state index contributed by atoms with van der Waals surface area (Å²) in [7, 11) is 1.43. The van der Waals surface area contributed by atoms with Gasteiger partial charge in [0.25, 0.3) is 0 Å². The summed E-state index contributed by atoms with van der Waals surface area (Å²) in [5.74, 6) is -0.409. The van der Waals surface area contributed by atoms with Gasteiger partial charge in [-0.1, -0.05) is 46.3 Å². The maximum absolute atomic E-state index is 13.4. The standard InChI is InChI=1S/C31H50O7/c1-26(2)11-12-31(25(37)38-6)19(13-26)18-7-8-21-27(3)14-20(34)24(36)30(16-32,17-33)22(27)9-10-28(21,4)29(18,5)15-23(31)35/h7,19-24,32-36H,8-17H2,1-6H3/t19-,20-,21+,22+,23+,24-,27+,28+,29+,31+/m0/s1. The van der Waals surface area contributed by atoms with E-state index in [9.17, 15) is 30.3 Å². The van der Waals surface area contributed by atoms with Gasteiger partial charge >= 0.3 is 5.97 Å². The van der Waals surface area contributed by atoms with Crippen molar-refractivity contribution < 1.29 is 35.1 Å². The molecule has 4 saturated carbocycles. The first-order valence-electron chi connectivity index (χ1n) is 14.7. The zero-order valence-corrected chi connectivity index (χ0v) is 24.2. The number of hydrogen-bond acceptors (Lipinski definition) is 7. The van der Waals surface area contributed by atoms with Gasteiger partial charge in [0.15, 0.2) is 0 Å². The van der Waals surface area contributed by atoms with E-state index in [2.05, 4.69) is 40.7 Å². The summed E-state index contributed by atoms with van der Waals surface area (Å²) in [4.78, 5) is 13.4. The summed E-state index contributed by atoms with van der Waals surface area (Å²) >= 11 is 0. The number of carbonyl (C=O) groups excluding carboxylic acids is 1. The number of methoxy groups -OCH3 is 1. The molecule has 0 aromatic carbocycles. The Morgan fingerprint density at radius 2 is 1.61 bits per heavy atom. The summed E-state index contributed by atoms with van der Waals surface area (Å²) in [5, 5.41) is 54.9. The van der Waals surface area contributed by atoms with Crippen LogP contribution in [0.25, 0.3) is 0 Å². The van der Waals surface area contributed by atoms with Gasteiger partial charge in [0.05, 0.1) is 38.6 Å². The Bertz CT molecular complexity index is 1000. The molecule has 5 rings (SSSR count). The van der Waals surface area contributed by atoms with E-state index in [-0.39, 0.29) is 53.2 Å². The van der Waals surface area contributed by atoms with Crippen LogP contribution in [0, 0.1) is 50.2 Å². The number of aliphatic hydroxyl groups excluding tert-OH is 5. The highest BCUT2D eigenvalue weighted by Crippen LogP contribution is 2.75. The first kappa shape index (κ1) is 28.5. The average Bonchev–Trinajstić information content (AvgIpc) is 2.85. The van der Waals surface area contributed by atoms with Crippen molar-refractivity contribution in [3.8, 4) is 0 Å². The Hall–Kier alpha value is -0.990. The third-order valence-corrected chi connectivity index (χ3v) is 13.4. The highest BCUT2D eigenvalue weighted by atomic mass is 16.5. The molecule has 4 fully saturated rings. The van der Waals surface area contributed by atoms with Crippen LogP contribution in [0.5, 0.6) is 0 Å². The van der Waals surface area contributed by atoms with Gasteiger partial charge in [-0.25, -0.2) is 0 Å². The number of esters is 1. The zero-order chi connectivity index (χ0) is 28.1. The van der Waals surface area contributed by atoms with Gasteiger partial charge in [0.1, 0.15) is 5.41 Å². The van der Waals surface area contributed by atoms with E-state index in [1.807, 2.05) is 0 Å². The predicted octanol–water partition coefficient (Wildman–Crippen LogP) is 3.21. The van der Waals surface area contributed by atoms with Crippen LogP contribution in [-0.2, 0) is 9.53 Å². The molecule has 7 heteroatoms. The van der Waals surface area contributed by atoms with E-state index in [0.29, 0.717) is 25.7 Å². The quantitative estimate of drug-likeness (QED) is 0.278. The lowest BCUT2D eigenvalue weighted by molar-refractivity contribution is -0.260. The lowest BCUT2D eigenvalue weighted by Gasteiger charge is -2.72. The van der Waals surface area contributed by atoms with E-state index in [0.717, 1.165) is 25.7 Å². The monoisotopic (exact) mass is 534 g/mol. The third kappa shape index (κ3) is 3.29.